The van der Waals surface area contributed by atoms with E-state index in [4.69, 9.17) is 37.0 Å². The summed E-state index contributed by atoms with van der Waals surface area (Å²) in [6, 6.07) is 0. The Labute approximate surface area is 537 Å². The van der Waals surface area contributed by atoms with E-state index in [9.17, 15) is 43.2 Å². The van der Waals surface area contributed by atoms with E-state index in [-0.39, 0.29) is 25.7 Å². The third kappa shape index (κ3) is 62.8. The Morgan fingerprint density at radius 1 is 0.307 bits per heavy atom. The number of carbonyl (C=O) groups excluding carboxylic acids is 4. The zero-order valence-electron chi connectivity index (χ0n) is 57.2. The number of phosphoric acid groups is 2. The van der Waals surface area contributed by atoms with Crippen LogP contribution in [-0.4, -0.2) is 96.7 Å². The van der Waals surface area contributed by atoms with Gasteiger partial charge in [-0.3, -0.25) is 37.3 Å². The molecule has 0 amide bonds. The lowest BCUT2D eigenvalue weighted by Gasteiger charge is -2.21. The van der Waals surface area contributed by atoms with E-state index in [1.165, 1.54) is 154 Å². The first-order valence-corrected chi connectivity index (χ1v) is 38.8. The molecule has 2 unspecified atom stereocenters. The van der Waals surface area contributed by atoms with Gasteiger partial charge in [-0.05, 0) is 43.4 Å². The Morgan fingerprint density at radius 2 is 0.523 bits per heavy atom. The number of ether oxygens (including phenoxy) is 4. The van der Waals surface area contributed by atoms with Gasteiger partial charge in [0.2, 0.25) is 0 Å². The number of hydrogen-bond acceptors (Lipinski definition) is 15. The number of phosphoric ester groups is 2. The second-order valence-corrected chi connectivity index (χ2v) is 29.3. The van der Waals surface area contributed by atoms with Crippen LogP contribution < -0.4 is 0 Å². The van der Waals surface area contributed by atoms with Gasteiger partial charge >= 0.3 is 39.5 Å². The largest absolute Gasteiger partial charge is 0.472 e. The van der Waals surface area contributed by atoms with Crippen molar-refractivity contribution in [3.05, 3.63) is 0 Å². The van der Waals surface area contributed by atoms with Gasteiger partial charge in [0.15, 0.2) is 12.2 Å². The van der Waals surface area contributed by atoms with Crippen LogP contribution in [0.2, 0.25) is 0 Å². The van der Waals surface area contributed by atoms with E-state index in [0.29, 0.717) is 31.6 Å². The lowest BCUT2D eigenvalue weighted by atomic mass is 10.0. The van der Waals surface area contributed by atoms with Crippen molar-refractivity contribution in [1.82, 2.24) is 0 Å². The molecule has 0 fully saturated rings. The minimum atomic E-state index is -4.95. The SMILES string of the molecule is CCCCCCCCCCCCC(=O)OC[C@H](COP(=O)(O)OC[C@H](O)COP(=O)(O)OC[C@@H](COC(=O)CCCCCCCCCCCC(C)C)OC(=O)CCCCCCCCCCCCCCCC(C)C)OC(=O)CCCCCCCCCC(C)C. The minimum absolute atomic E-state index is 0.103. The van der Waals surface area contributed by atoms with Gasteiger partial charge in [0.05, 0.1) is 26.4 Å². The Bertz CT molecular complexity index is 1730. The quantitative estimate of drug-likeness (QED) is 0.0222. The summed E-state index contributed by atoms with van der Waals surface area (Å²) in [5.41, 5.74) is 0. The molecule has 3 N–H and O–H groups in total. The molecule has 0 bridgehead atoms. The molecule has 0 spiro atoms. The predicted molar refractivity (Wildman–Crippen MR) is 354 cm³/mol. The van der Waals surface area contributed by atoms with Gasteiger partial charge < -0.3 is 33.8 Å². The van der Waals surface area contributed by atoms with Gasteiger partial charge in [-0.15, -0.1) is 0 Å². The smallest absolute Gasteiger partial charge is 0.462 e. The predicted octanol–water partition coefficient (Wildman–Crippen LogP) is 19.5. The lowest BCUT2D eigenvalue weighted by molar-refractivity contribution is -0.161. The van der Waals surface area contributed by atoms with Gasteiger partial charge in [0, 0.05) is 25.7 Å². The molecular formula is C69H134O17P2. The van der Waals surface area contributed by atoms with Crippen LogP contribution in [0.3, 0.4) is 0 Å². The molecule has 522 valence electrons. The van der Waals surface area contributed by atoms with Crippen molar-refractivity contribution in [3.8, 4) is 0 Å². The fourth-order valence-electron chi connectivity index (χ4n) is 10.4. The first-order valence-electron chi connectivity index (χ1n) is 35.8. The van der Waals surface area contributed by atoms with Crippen molar-refractivity contribution in [1.29, 1.82) is 0 Å². The van der Waals surface area contributed by atoms with Crippen molar-refractivity contribution in [2.24, 2.45) is 17.8 Å². The maximum atomic E-state index is 13.0. The topological polar surface area (TPSA) is 237 Å². The average molecular weight is 1300 g/mol. The third-order valence-corrected chi connectivity index (χ3v) is 17.8. The minimum Gasteiger partial charge on any atom is -0.462 e. The highest BCUT2D eigenvalue weighted by Crippen LogP contribution is 2.45. The summed E-state index contributed by atoms with van der Waals surface area (Å²) in [5, 5.41) is 10.6. The van der Waals surface area contributed by atoms with E-state index in [2.05, 4.69) is 48.5 Å². The van der Waals surface area contributed by atoms with Crippen molar-refractivity contribution in [3.63, 3.8) is 0 Å². The van der Waals surface area contributed by atoms with Crippen LogP contribution in [0.25, 0.3) is 0 Å². The van der Waals surface area contributed by atoms with Crippen LogP contribution in [0.4, 0.5) is 0 Å². The van der Waals surface area contributed by atoms with E-state index < -0.39 is 97.5 Å². The number of hydrogen-bond donors (Lipinski definition) is 3. The zero-order chi connectivity index (χ0) is 65.2. The Hall–Kier alpha value is -1.94. The number of unbranched alkanes of at least 4 members (excludes halogenated alkanes) is 35. The molecular weight excluding hydrogens is 1160 g/mol. The highest BCUT2D eigenvalue weighted by Gasteiger charge is 2.30. The highest BCUT2D eigenvalue weighted by molar-refractivity contribution is 7.47. The monoisotopic (exact) mass is 1300 g/mol. The average Bonchev–Trinajstić information content (AvgIpc) is 3.68. The van der Waals surface area contributed by atoms with Gasteiger partial charge in [-0.2, -0.15) is 0 Å². The van der Waals surface area contributed by atoms with Crippen LogP contribution in [-0.2, 0) is 65.4 Å². The van der Waals surface area contributed by atoms with Crippen LogP contribution >= 0.6 is 15.6 Å². The number of carbonyl (C=O) groups is 4. The molecule has 0 radical (unpaired) electrons. The first kappa shape index (κ1) is 86.1. The molecule has 0 aliphatic rings. The summed E-state index contributed by atoms with van der Waals surface area (Å²) < 4.78 is 68.2. The molecule has 19 heteroatoms. The lowest BCUT2D eigenvalue weighted by Crippen LogP contribution is -2.30. The van der Waals surface area contributed by atoms with Crippen LogP contribution in [0, 0.1) is 17.8 Å². The molecule has 0 saturated heterocycles. The molecule has 5 atom stereocenters. The Kier molecular flexibility index (Phi) is 58.7. The van der Waals surface area contributed by atoms with Gasteiger partial charge in [-0.1, -0.05) is 292 Å². The second kappa shape index (κ2) is 60.0. The van der Waals surface area contributed by atoms with E-state index in [1.807, 2.05) is 0 Å². The summed E-state index contributed by atoms with van der Waals surface area (Å²) in [7, 11) is -9.90. The highest BCUT2D eigenvalue weighted by atomic mass is 31.2. The van der Waals surface area contributed by atoms with E-state index >= 15 is 0 Å². The summed E-state index contributed by atoms with van der Waals surface area (Å²) in [6.07, 6.45) is 43.1. The van der Waals surface area contributed by atoms with Gasteiger partial charge in [0.1, 0.15) is 19.3 Å². The van der Waals surface area contributed by atoms with E-state index in [0.717, 1.165) is 102 Å². The molecule has 88 heavy (non-hydrogen) atoms. The summed E-state index contributed by atoms with van der Waals surface area (Å²) in [6.45, 7) is 11.8. The molecule has 0 aliphatic heterocycles. The van der Waals surface area contributed by atoms with Crippen LogP contribution in [0.15, 0.2) is 0 Å². The standard InChI is InChI=1S/C69H134O17P2/c1-8-9-10-11-12-13-22-29-36-43-50-66(71)79-57-65(86-69(74)53-46-39-32-25-28-35-42-49-62(6)7)59-84-88(77,78)82-55-63(70)54-81-87(75,76)83-58-64(56-80-67(72)51-44-37-30-24-19-21-27-34-41-48-61(4)5)85-68(73)52-45-38-31-23-18-16-14-15-17-20-26-33-40-47-60(2)3/h60-65,70H,8-59H2,1-7H3,(H,75,76)(H,77,78)/t63-,64-,65-/m1/s1. The fourth-order valence-corrected chi connectivity index (χ4v) is 11.9. The number of rotatable bonds is 67. The molecule has 0 aromatic rings. The molecule has 0 aromatic carbocycles. The summed E-state index contributed by atoms with van der Waals surface area (Å²) >= 11 is 0. The summed E-state index contributed by atoms with van der Waals surface area (Å²) in [4.78, 5) is 72.4. The van der Waals surface area contributed by atoms with Crippen molar-refractivity contribution in [2.45, 2.75) is 362 Å². The first-order chi connectivity index (χ1) is 42.2. The molecule has 0 aromatic heterocycles. The van der Waals surface area contributed by atoms with Crippen molar-refractivity contribution < 1.29 is 80.2 Å². The third-order valence-electron chi connectivity index (χ3n) is 15.9. The van der Waals surface area contributed by atoms with Gasteiger partial charge in [0.25, 0.3) is 0 Å². The molecule has 0 aliphatic carbocycles. The van der Waals surface area contributed by atoms with Crippen molar-refractivity contribution >= 4 is 39.5 Å². The Morgan fingerprint density at radius 3 is 0.773 bits per heavy atom. The zero-order valence-corrected chi connectivity index (χ0v) is 59.0. The van der Waals surface area contributed by atoms with Crippen LogP contribution in [0.5, 0.6) is 0 Å². The van der Waals surface area contributed by atoms with E-state index in [1.54, 1.807) is 0 Å². The number of aliphatic hydroxyl groups excluding tert-OH is 1. The number of aliphatic hydroxyl groups is 1. The molecule has 0 heterocycles. The van der Waals surface area contributed by atoms with Crippen LogP contribution in [0.1, 0.15) is 344 Å². The maximum Gasteiger partial charge on any atom is 0.472 e. The fraction of sp³-hybridized carbons (Fsp3) is 0.942. The molecule has 17 nitrogen and oxygen atoms in total. The Balaban J connectivity index is 5.24. The van der Waals surface area contributed by atoms with Crippen molar-refractivity contribution in [2.75, 3.05) is 39.6 Å². The second-order valence-electron chi connectivity index (χ2n) is 26.3. The number of esters is 4. The molecule has 0 saturated carbocycles. The normalized spacial score (nSPS) is 14.2. The maximum absolute atomic E-state index is 13.0. The summed E-state index contributed by atoms with van der Waals surface area (Å²) in [5.74, 6) is 0.0963. The van der Waals surface area contributed by atoms with Gasteiger partial charge in [-0.25, -0.2) is 9.13 Å². The molecule has 0 rings (SSSR count).